The van der Waals surface area contributed by atoms with Crippen molar-refractivity contribution in [2.75, 3.05) is 45.2 Å². The number of aryl methyl sites for hydroxylation is 2. The maximum Gasteiger partial charge on any atom is 0.203 e. The Kier molecular flexibility index (Phi) is 5.66. The molecule has 1 saturated heterocycles. The summed E-state index contributed by atoms with van der Waals surface area (Å²) in [6.45, 7) is 8.39. The average molecular weight is 266 g/mol. The number of aromatic nitrogens is 2. The second-order valence-electron chi connectivity index (χ2n) is 5.22. The molecule has 2 rings (SSSR count). The third kappa shape index (κ3) is 4.51. The molecule has 108 valence electrons. The lowest BCUT2D eigenvalue weighted by Crippen LogP contribution is -2.26. The molecule has 19 heavy (non-hydrogen) atoms. The first kappa shape index (κ1) is 14.3. The van der Waals surface area contributed by atoms with Crippen LogP contribution in [0, 0.1) is 6.92 Å². The molecule has 2 heterocycles. The molecule has 0 bridgehead atoms. The molecule has 1 N–H and O–H groups in total. The number of methoxy groups -OCH3 is 1. The Hall–Kier alpha value is -1.07. The lowest BCUT2D eigenvalue weighted by Gasteiger charge is -2.15. The fourth-order valence-electron chi connectivity index (χ4n) is 2.57. The molecule has 1 aliphatic rings. The predicted molar refractivity (Wildman–Crippen MR) is 77.6 cm³/mol. The van der Waals surface area contributed by atoms with Gasteiger partial charge in [-0.05, 0) is 39.3 Å². The van der Waals surface area contributed by atoms with Crippen LogP contribution in [0.4, 0.5) is 5.95 Å². The van der Waals surface area contributed by atoms with Gasteiger partial charge in [0.2, 0.25) is 5.95 Å². The number of rotatable bonds is 8. The lowest BCUT2D eigenvalue weighted by atomic mass is 10.4. The minimum atomic E-state index is 0.796. The molecule has 0 atom stereocenters. The van der Waals surface area contributed by atoms with Crippen LogP contribution in [0.5, 0.6) is 0 Å². The van der Waals surface area contributed by atoms with Gasteiger partial charge in [0.1, 0.15) is 0 Å². The molecule has 1 aromatic rings. The van der Waals surface area contributed by atoms with Gasteiger partial charge in [-0.15, -0.1) is 0 Å². The quantitative estimate of drug-likeness (QED) is 0.728. The molecule has 1 aliphatic heterocycles. The van der Waals surface area contributed by atoms with E-state index >= 15 is 0 Å². The van der Waals surface area contributed by atoms with E-state index < -0.39 is 0 Å². The molecular weight excluding hydrogens is 240 g/mol. The fourth-order valence-corrected chi connectivity index (χ4v) is 2.57. The first-order valence-electron chi connectivity index (χ1n) is 7.28. The van der Waals surface area contributed by atoms with Crippen LogP contribution in [0.2, 0.25) is 0 Å². The summed E-state index contributed by atoms with van der Waals surface area (Å²) in [6.07, 6.45) is 5.83. The molecule has 5 heteroatoms. The van der Waals surface area contributed by atoms with Gasteiger partial charge in [-0.3, -0.25) is 0 Å². The molecular formula is C14H26N4O. The van der Waals surface area contributed by atoms with E-state index in [1.165, 1.54) is 25.9 Å². The van der Waals surface area contributed by atoms with E-state index in [4.69, 9.17) is 4.74 Å². The Labute approximate surface area is 116 Å². The lowest BCUT2D eigenvalue weighted by molar-refractivity contribution is 0.190. The topological polar surface area (TPSA) is 42.3 Å². The fraction of sp³-hybridized carbons (Fsp3) is 0.786. The highest BCUT2D eigenvalue weighted by atomic mass is 16.5. The second kappa shape index (κ2) is 7.50. The van der Waals surface area contributed by atoms with Crippen molar-refractivity contribution < 1.29 is 4.74 Å². The van der Waals surface area contributed by atoms with Crippen molar-refractivity contribution in [3.05, 3.63) is 11.9 Å². The maximum atomic E-state index is 5.10. The normalized spacial score (nSPS) is 16.1. The summed E-state index contributed by atoms with van der Waals surface area (Å²) in [5.41, 5.74) is 1.07. The van der Waals surface area contributed by atoms with Gasteiger partial charge in [-0.1, -0.05) is 0 Å². The van der Waals surface area contributed by atoms with Crippen LogP contribution in [-0.4, -0.2) is 54.3 Å². The second-order valence-corrected chi connectivity index (χ2v) is 5.22. The van der Waals surface area contributed by atoms with Gasteiger partial charge >= 0.3 is 0 Å². The first-order valence-corrected chi connectivity index (χ1v) is 7.28. The minimum absolute atomic E-state index is 0.796. The van der Waals surface area contributed by atoms with Gasteiger partial charge in [0.05, 0.1) is 5.69 Å². The minimum Gasteiger partial charge on any atom is -0.385 e. The Morgan fingerprint density at radius 1 is 1.32 bits per heavy atom. The Morgan fingerprint density at radius 2 is 2.11 bits per heavy atom. The molecule has 0 aliphatic carbocycles. The number of hydrogen-bond acceptors (Lipinski definition) is 4. The van der Waals surface area contributed by atoms with Crippen molar-refractivity contribution in [3.8, 4) is 0 Å². The summed E-state index contributed by atoms with van der Waals surface area (Å²) < 4.78 is 7.29. The standard InChI is InChI=1S/C14H26N4O/c1-13-12-18(9-5-11-19-2)14(16-13)15-6-10-17-7-3-4-8-17/h12H,3-11H2,1-2H3,(H,15,16). The number of hydrogen-bond donors (Lipinski definition) is 1. The summed E-state index contributed by atoms with van der Waals surface area (Å²) in [7, 11) is 1.74. The van der Waals surface area contributed by atoms with E-state index in [0.29, 0.717) is 0 Å². The van der Waals surface area contributed by atoms with Gasteiger partial charge in [0.15, 0.2) is 0 Å². The number of likely N-dealkylation sites (tertiary alicyclic amines) is 1. The third-order valence-corrected chi connectivity index (χ3v) is 3.55. The summed E-state index contributed by atoms with van der Waals surface area (Å²) >= 11 is 0. The highest BCUT2D eigenvalue weighted by Gasteiger charge is 2.11. The average Bonchev–Trinajstić information content (AvgIpc) is 3.00. The molecule has 0 spiro atoms. The molecule has 0 saturated carbocycles. The van der Waals surface area contributed by atoms with Crippen molar-refractivity contribution in [2.24, 2.45) is 0 Å². The highest BCUT2D eigenvalue weighted by Crippen LogP contribution is 2.10. The van der Waals surface area contributed by atoms with E-state index in [0.717, 1.165) is 44.3 Å². The Balaban J connectivity index is 1.77. The van der Waals surface area contributed by atoms with Crippen LogP contribution < -0.4 is 5.32 Å². The van der Waals surface area contributed by atoms with Crippen LogP contribution in [0.1, 0.15) is 25.0 Å². The van der Waals surface area contributed by atoms with Crippen molar-refractivity contribution in [1.29, 1.82) is 0 Å². The van der Waals surface area contributed by atoms with Crippen molar-refractivity contribution >= 4 is 5.95 Å². The van der Waals surface area contributed by atoms with Crippen molar-refractivity contribution in [3.63, 3.8) is 0 Å². The number of imidazole rings is 1. The number of anilines is 1. The summed E-state index contributed by atoms with van der Waals surface area (Å²) in [5, 5.41) is 3.46. The van der Waals surface area contributed by atoms with E-state index in [1.54, 1.807) is 7.11 Å². The number of nitrogens with zero attached hydrogens (tertiary/aromatic N) is 3. The van der Waals surface area contributed by atoms with E-state index in [9.17, 15) is 0 Å². The molecule has 0 unspecified atom stereocenters. The zero-order valence-electron chi connectivity index (χ0n) is 12.2. The SMILES string of the molecule is COCCCn1cc(C)nc1NCCN1CCCC1. The van der Waals surface area contributed by atoms with Gasteiger partial charge in [0.25, 0.3) is 0 Å². The zero-order chi connectivity index (χ0) is 13.5. The largest absolute Gasteiger partial charge is 0.385 e. The summed E-state index contributed by atoms with van der Waals surface area (Å²) in [4.78, 5) is 7.06. The third-order valence-electron chi connectivity index (χ3n) is 3.55. The van der Waals surface area contributed by atoms with Gasteiger partial charge in [-0.25, -0.2) is 4.98 Å². The van der Waals surface area contributed by atoms with Crippen LogP contribution >= 0.6 is 0 Å². The van der Waals surface area contributed by atoms with E-state index in [-0.39, 0.29) is 0 Å². The monoisotopic (exact) mass is 266 g/mol. The molecule has 0 radical (unpaired) electrons. The van der Waals surface area contributed by atoms with Gasteiger partial charge in [0, 0.05) is 39.5 Å². The van der Waals surface area contributed by atoms with E-state index in [2.05, 4.69) is 26.0 Å². The van der Waals surface area contributed by atoms with Crippen LogP contribution in [0.3, 0.4) is 0 Å². The van der Waals surface area contributed by atoms with Crippen LogP contribution in [0.25, 0.3) is 0 Å². The highest BCUT2D eigenvalue weighted by molar-refractivity contribution is 5.28. The smallest absolute Gasteiger partial charge is 0.203 e. The van der Waals surface area contributed by atoms with Crippen molar-refractivity contribution in [1.82, 2.24) is 14.5 Å². The molecule has 0 aromatic carbocycles. The van der Waals surface area contributed by atoms with Gasteiger partial charge in [-0.2, -0.15) is 0 Å². The molecule has 0 amide bonds. The van der Waals surface area contributed by atoms with Gasteiger partial charge < -0.3 is 19.5 Å². The Morgan fingerprint density at radius 3 is 2.84 bits per heavy atom. The number of nitrogens with one attached hydrogen (secondary N) is 1. The predicted octanol–water partition coefficient (Wildman–Crippen LogP) is 1.74. The van der Waals surface area contributed by atoms with Crippen molar-refractivity contribution in [2.45, 2.75) is 32.7 Å². The molecule has 5 nitrogen and oxygen atoms in total. The first-order chi connectivity index (χ1) is 9.29. The van der Waals surface area contributed by atoms with Crippen LogP contribution in [-0.2, 0) is 11.3 Å². The molecule has 1 fully saturated rings. The number of ether oxygens (including phenoxy) is 1. The maximum absolute atomic E-state index is 5.10. The van der Waals surface area contributed by atoms with Crippen LogP contribution in [0.15, 0.2) is 6.20 Å². The summed E-state index contributed by atoms with van der Waals surface area (Å²) in [6, 6.07) is 0. The zero-order valence-corrected chi connectivity index (χ0v) is 12.2. The Bertz CT molecular complexity index is 372. The summed E-state index contributed by atoms with van der Waals surface area (Å²) in [5.74, 6) is 0.993. The molecule has 1 aromatic heterocycles. The van der Waals surface area contributed by atoms with E-state index in [1.807, 2.05) is 6.92 Å².